The highest BCUT2D eigenvalue weighted by atomic mass is 19.5. The third-order valence-electron chi connectivity index (χ3n) is 4.85. The molecule has 0 aromatic heterocycles. The van der Waals surface area contributed by atoms with Crippen LogP contribution in [0.4, 0.5) is 23.0 Å². The summed E-state index contributed by atoms with van der Waals surface area (Å²) < 4.78 is 41.6. The Morgan fingerprint density at radius 1 is 0.960 bits per heavy atom. The van der Waals surface area contributed by atoms with E-state index in [0.717, 1.165) is 12.6 Å². The van der Waals surface area contributed by atoms with E-state index in [2.05, 4.69) is 48.7 Å². The van der Waals surface area contributed by atoms with Crippen molar-refractivity contribution in [2.75, 3.05) is 18.0 Å². The summed E-state index contributed by atoms with van der Waals surface area (Å²) in [6, 6.07) is 5.40. The molecule has 0 bridgehead atoms. The van der Waals surface area contributed by atoms with Crippen LogP contribution in [-0.4, -0.2) is 37.3 Å². The maximum Gasteiger partial charge on any atom is 0.673 e. The molecule has 1 aromatic rings. The minimum atomic E-state index is -6.00. The molecule has 1 saturated carbocycles. The Kier molecular flexibility index (Phi) is 6.52. The lowest BCUT2D eigenvalue weighted by atomic mass is 9.95. The minimum Gasteiger partial charge on any atom is -0.418 e. The van der Waals surface area contributed by atoms with Crippen LogP contribution in [0.5, 0.6) is 0 Å². The zero-order chi connectivity index (χ0) is 18.6. The third kappa shape index (κ3) is 6.05. The second kappa shape index (κ2) is 8.24. The van der Waals surface area contributed by atoms with Crippen molar-refractivity contribution in [1.29, 1.82) is 0 Å². The molecule has 3 rings (SSSR count). The lowest BCUT2D eigenvalue weighted by molar-refractivity contribution is -0.556. The number of aryl methyl sites for hydroxylation is 3. The van der Waals surface area contributed by atoms with E-state index < -0.39 is 7.25 Å². The van der Waals surface area contributed by atoms with Gasteiger partial charge in [-0.1, -0.05) is 24.1 Å². The van der Waals surface area contributed by atoms with Crippen LogP contribution in [0.3, 0.4) is 0 Å². The Morgan fingerprint density at radius 2 is 1.48 bits per heavy atom. The van der Waals surface area contributed by atoms with Crippen molar-refractivity contribution in [2.45, 2.75) is 58.9 Å². The maximum atomic E-state index is 9.75. The summed E-state index contributed by atoms with van der Waals surface area (Å²) >= 11 is 0. The molecule has 0 N–H and O–H groups in total. The fourth-order valence-electron chi connectivity index (χ4n) is 4.00. The summed E-state index contributed by atoms with van der Waals surface area (Å²) in [5.41, 5.74) is 5.61. The molecule has 25 heavy (non-hydrogen) atoms. The second-order valence-corrected chi connectivity index (χ2v) is 7.08. The van der Waals surface area contributed by atoms with Crippen LogP contribution in [0.2, 0.25) is 0 Å². The molecule has 0 spiro atoms. The molecule has 7 heteroatoms. The zero-order valence-electron chi connectivity index (χ0n) is 15.2. The summed E-state index contributed by atoms with van der Waals surface area (Å²) in [5, 5.41) is 0. The number of hydrogen-bond donors (Lipinski definition) is 0. The van der Waals surface area contributed by atoms with E-state index >= 15 is 0 Å². The number of nitrogens with zero attached hydrogens (tertiary/aromatic N) is 2. The number of halogens is 4. The van der Waals surface area contributed by atoms with Gasteiger partial charge in [-0.15, -0.1) is 0 Å². The van der Waals surface area contributed by atoms with Gasteiger partial charge in [0.25, 0.3) is 0 Å². The fourth-order valence-corrected chi connectivity index (χ4v) is 4.00. The summed E-state index contributed by atoms with van der Waals surface area (Å²) in [6.45, 7) is 9.00. The van der Waals surface area contributed by atoms with Gasteiger partial charge in [0.05, 0.1) is 6.04 Å². The molecule has 1 aliphatic heterocycles. The number of rotatable bonds is 2. The predicted octanol–water partition coefficient (Wildman–Crippen LogP) is 5.11. The monoisotopic (exact) mass is 358 g/mol. The van der Waals surface area contributed by atoms with E-state index in [4.69, 9.17) is 0 Å². The van der Waals surface area contributed by atoms with Crippen LogP contribution in [-0.2, 0) is 0 Å². The van der Waals surface area contributed by atoms with Crippen LogP contribution in [0.15, 0.2) is 12.1 Å². The molecule has 1 fully saturated rings. The van der Waals surface area contributed by atoms with E-state index in [0.29, 0.717) is 0 Å². The molecule has 0 radical (unpaired) electrons. The average molecular weight is 358 g/mol. The standard InChI is InChI=1S/C18H27N2.BF4/c1-14-11-15(2)18(16(3)12-14)20-10-9-19(13-20)17-7-5-4-6-8-17;2-1(3,4)5/h11-13,17H,4-10H2,1-3H3;/q+1;-1. The van der Waals surface area contributed by atoms with E-state index in [1.54, 1.807) is 0 Å². The molecule has 0 saturated heterocycles. The van der Waals surface area contributed by atoms with Gasteiger partial charge in [0, 0.05) is 0 Å². The van der Waals surface area contributed by atoms with Crippen molar-refractivity contribution in [3.63, 3.8) is 0 Å². The molecule has 1 aliphatic carbocycles. The van der Waals surface area contributed by atoms with Gasteiger partial charge in [0.1, 0.15) is 18.8 Å². The van der Waals surface area contributed by atoms with Gasteiger partial charge in [-0.05, 0) is 57.6 Å². The lowest BCUT2D eigenvalue weighted by Gasteiger charge is -2.20. The molecule has 0 unspecified atom stereocenters. The highest BCUT2D eigenvalue weighted by Gasteiger charge is 2.29. The first-order chi connectivity index (χ1) is 11.6. The van der Waals surface area contributed by atoms with Crippen LogP contribution in [0.25, 0.3) is 0 Å². The Balaban J connectivity index is 0.000000399. The zero-order valence-corrected chi connectivity index (χ0v) is 15.2. The Labute approximate surface area is 147 Å². The van der Waals surface area contributed by atoms with Crippen LogP contribution in [0.1, 0.15) is 48.8 Å². The number of hydrogen-bond acceptors (Lipinski definition) is 1. The van der Waals surface area contributed by atoms with Crippen LogP contribution < -0.4 is 4.90 Å². The van der Waals surface area contributed by atoms with Gasteiger partial charge in [-0.25, -0.2) is 4.90 Å². The van der Waals surface area contributed by atoms with Crippen molar-refractivity contribution in [2.24, 2.45) is 0 Å². The van der Waals surface area contributed by atoms with Crippen molar-refractivity contribution in [1.82, 2.24) is 0 Å². The fraction of sp³-hybridized carbons (Fsp3) is 0.611. The molecule has 1 aromatic carbocycles. The predicted molar refractivity (Wildman–Crippen MR) is 96.2 cm³/mol. The average Bonchev–Trinajstić information content (AvgIpc) is 2.95. The Hall–Kier alpha value is -1.53. The van der Waals surface area contributed by atoms with Gasteiger partial charge in [-0.2, -0.15) is 0 Å². The number of benzene rings is 1. The van der Waals surface area contributed by atoms with E-state index in [9.17, 15) is 17.3 Å². The highest BCUT2D eigenvalue weighted by molar-refractivity contribution is 6.50. The lowest BCUT2D eigenvalue weighted by Crippen LogP contribution is -2.28. The Bertz CT molecular complexity index is 593. The molecular formula is C18H27BF4N2. The maximum absolute atomic E-state index is 9.75. The summed E-state index contributed by atoms with van der Waals surface area (Å²) in [5.74, 6) is 0. The second-order valence-electron chi connectivity index (χ2n) is 7.08. The molecule has 1 heterocycles. The highest BCUT2D eigenvalue weighted by Crippen LogP contribution is 2.28. The van der Waals surface area contributed by atoms with Crippen molar-refractivity contribution in [3.05, 3.63) is 28.8 Å². The van der Waals surface area contributed by atoms with Gasteiger partial charge < -0.3 is 17.3 Å². The quantitative estimate of drug-likeness (QED) is 0.405. The number of anilines is 1. The SMILES string of the molecule is Cc1cc(C)c(N2C=[N+](C3CCCCC3)CC2)c(C)c1.F[B-](F)(F)F. The van der Waals surface area contributed by atoms with Gasteiger partial charge in [-0.3, -0.25) is 4.58 Å². The summed E-state index contributed by atoms with van der Waals surface area (Å²) in [7, 11) is -6.00. The summed E-state index contributed by atoms with van der Waals surface area (Å²) in [6.07, 6.45) is 9.42. The smallest absolute Gasteiger partial charge is 0.418 e. The first kappa shape index (κ1) is 19.8. The molecule has 0 amide bonds. The minimum absolute atomic E-state index is 0.791. The molecular weight excluding hydrogens is 331 g/mol. The first-order valence-electron chi connectivity index (χ1n) is 8.97. The van der Waals surface area contributed by atoms with E-state index in [-0.39, 0.29) is 0 Å². The molecule has 2 aliphatic rings. The van der Waals surface area contributed by atoms with Crippen LogP contribution in [0, 0.1) is 20.8 Å². The van der Waals surface area contributed by atoms with Crippen LogP contribution >= 0.6 is 0 Å². The Morgan fingerprint density at radius 3 is 2.00 bits per heavy atom. The van der Waals surface area contributed by atoms with Crippen molar-refractivity contribution >= 4 is 19.3 Å². The third-order valence-corrected chi connectivity index (χ3v) is 4.85. The van der Waals surface area contributed by atoms with Gasteiger partial charge in [0.2, 0.25) is 6.34 Å². The molecule has 2 nitrogen and oxygen atoms in total. The molecule has 140 valence electrons. The van der Waals surface area contributed by atoms with E-state index in [1.807, 2.05) is 0 Å². The topological polar surface area (TPSA) is 6.25 Å². The van der Waals surface area contributed by atoms with E-state index in [1.165, 1.54) is 61.0 Å². The van der Waals surface area contributed by atoms with Crippen molar-refractivity contribution < 1.29 is 21.8 Å². The van der Waals surface area contributed by atoms with Crippen molar-refractivity contribution in [3.8, 4) is 0 Å². The summed E-state index contributed by atoms with van der Waals surface area (Å²) in [4.78, 5) is 2.47. The molecule has 0 atom stereocenters. The van der Waals surface area contributed by atoms with Gasteiger partial charge in [0.15, 0.2) is 0 Å². The van der Waals surface area contributed by atoms with Gasteiger partial charge >= 0.3 is 7.25 Å². The normalized spacial score (nSPS) is 18.7. The first-order valence-corrected chi connectivity index (χ1v) is 8.97. The largest absolute Gasteiger partial charge is 0.673 e.